The lowest BCUT2D eigenvalue weighted by atomic mass is 10.0. The molecule has 1 unspecified atom stereocenters. The zero-order chi connectivity index (χ0) is 36.1. The summed E-state index contributed by atoms with van der Waals surface area (Å²) in [5, 5.41) is 23.1. The second-order valence-electron chi connectivity index (χ2n) is 13.0. The smallest absolute Gasteiger partial charge is 0.428 e. The van der Waals surface area contributed by atoms with Crippen LogP contribution in [0, 0.1) is 20.2 Å². The highest BCUT2D eigenvalue weighted by Gasteiger charge is 2.30. The third kappa shape index (κ3) is 11.9. The Balaban J connectivity index is 1.22. The normalized spacial score (nSPS) is 15.0. The Labute approximate surface area is 300 Å². The number of esters is 1. The number of likely N-dealkylation sites (tertiary alicyclic amines) is 1. The molecule has 1 fully saturated rings. The number of nitro groups is 2. The molecular weight excluding hydrogens is 691 g/mol. The minimum Gasteiger partial charge on any atom is -0.428 e. The molecule has 0 spiro atoms. The maximum absolute atomic E-state index is 12.4. The van der Waals surface area contributed by atoms with E-state index in [0.29, 0.717) is 40.6 Å². The number of nitrogens with zero attached hydrogens (tertiary/aromatic N) is 4. The van der Waals surface area contributed by atoms with Crippen molar-refractivity contribution in [3.63, 3.8) is 0 Å². The van der Waals surface area contributed by atoms with Crippen LogP contribution in [0.4, 0.5) is 16.2 Å². The molecule has 0 aliphatic carbocycles. The summed E-state index contributed by atoms with van der Waals surface area (Å²) in [6, 6.07) is 18.1. The Kier molecular flexibility index (Phi) is 13.9. The third-order valence-electron chi connectivity index (χ3n) is 8.97. The largest absolute Gasteiger partial charge is 0.511 e. The topological polar surface area (TPSA) is 148 Å². The molecule has 1 atom stereocenters. The molecule has 13 nitrogen and oxygen atoms in total. The van der Waals surface area contributed by atoms with Crippen LogP contribution in [0.15, 0.2) is 66.7 Å². The first-order valence-electron chi connectivity index (χ1n) is 16.4. The van der Waals surface area contributed by atoms with Gasteiger partial charge in [0.2, 0.25) is 6.79 Å². The van der Waals surface area contributed by atoms with E-state index in [2.05, 4.69) is 0 Å². The Morgan fingerprint density at radius 3 is 2.04 bits per heavy atom. The highest BCUT2D eigenvalue weighted by atomic mass is 35.5. The summed E-state index contributed by atoms with van der Waals surface area (Å²) in [5.74, 6) is -0.490. The molecule has 0 amide bonds. The predicted octanol–water partition coefficient (Wildman–Crippen LogP) is 7.59. The summed E-state index contributed by atoms with van der Waals surface area (Å²) in [6.45, 7) is 4.11. The number of non-ortho nitro benzene ring substituents is 2. The van der Waals surface area contributed by atoms with Crippen molar-refractivity contribution in [1.29, 1.82) is 0 Å². The molecular formula is C35H42Cl2N4O9+2. The van der Waals surface area contributed by atoms with E-state index in [4.69, 9.17) is 37.4 Å². The van der Waals surface area contributed by atoms with Crippen molar-refractivity contribution in [2.45, 2.75) is 51.7 Å². The first-order valence-corrected chi connectivity index (χ1v) is 17.2. The summed E-state index contributed by atoms with van der Waals surface area (Å²) in [7, 11) is 1.95. The van der Waals surface area contributed by atoms with E-state index in [1.165, 1.54) is 24.3 Å². The van der Waals surface area contributed by atoms with Crippen LogP contribution in [0.5, 0.6) is 0 Å². The number of nitro benzene ring substituents is 2. The summed E-state index contributed by atoms with van der Waals surface area (Å²) < 4.78 is 16.6. The van der Waals surface area contributed by atoms with Gasteiger partial charge in [0.1, 0.15) is 32.8 Å². The Morgan fingerprint density at radius 1 is 0.820 bits per heavy atom. The molecule has 0 saturated carbocycles. The Morgan fingerprint density at radius 2 is 1.44 bits per heavy atom. The highest BCUT2D eigenvalue weighted by molar-refractivity contribution is 6.35. The van der Waals surface area contributed by atoms with Crippen molar-refractivity contribution in [3.05, 3.63) is 114 Å². The van der Waals surface area contributed by atoms with Crippen LogP contribution in [-0.2, 0) is 38.6 Å². The Hall–Kier alpha value is -4.30. The third-order valence-corrected chi connectivity index (χ3v) is 9.56. The molecule has 268 valence electrons. The number of halogens is 2. The van der Waals surface area contributed by atoms with Gasteiger partial charge in [0, 0.05) is 52.4 Å². The zero-order valence-corrected chi connectivity index (χ0v) is 29.5. The number of likely N-dealkylation sites (N-methyl/N-ethyl adjacent to an activating group) is 1. The van der Waals surface area contributed by atoms with Gasteiger partial charge in [-0.05, 0) is 55.7 Å². The van der Waals surface area contributed by atoms with Gasteiger partial charge in [0.15, 0.2) is 0 Å². The van der Waals surface area contributed by atoms with Crippen LogP contribution in [-0.4, -0.2) is 77.6 Å². The summed E-state index contributed by atoms with van der Waals surface area (Å²) in [6.07, 6.45) is 3.08. The summed E-state index contributed by atoms with van der Waals surface area (Å²) in [4.78, 5) is 46.0. The number of hydrogen-bond donors (Lipinski definition) is 0. The van der Waals surface area contributed by atoms with Gasteiger partial charge in [0.05, 0.1) is 48.0 Å². The molecule has 0 N–H and O–H groups in total. The number of benzene rings is 3. The second-order valence-corrected chi connectivity index (χ2v) is 13.8. The molecule has 0 radical (unpaired) electrons. The zero-order valence-electron chi connectivity index (χ0n) is 28.0. The average Bonchev–Trinajstić information content (AvgIpc) is 3.07. The van der Waals surface area contributed by atoms with Gasteiger partial charge in [-0.2, -0.15) is 0 Å². The number of rotatable bonds is 17. The standard InChI is InChI=1S/C35H42Cl2N4O9/c1-40(25-29-11-12-30(36)22-33(29)37,23-27-7-13-31(14-8-27)38(44)45)20-21-48-35(43)50-26-49-34(42)6-5-19-41(17-3-2-4-18-41)24-28-9-15-32(16-10-28)39(46)47/h7-16,22H,2-6,17-21,23-26H2,1H3/q+2. The van der Waals surface area contributed by atoms with Gasteiger partial charge >= 0.3 is 12.1 Å². The lowest BCUT2D eigenvalue weighted by Gasteiger charge is -2.41. The Bertz CT molecular complexity index is 1630. The van der Waals surface area contributed by atoms with Crippen molar-refractivity contribution < 1.29 is 42.6 Å². The molecule has 0 aromatic heterocycles. The van der Waals surface area contributed by atoms with Crippen molar-refractivity contribution >= 4 is 46.7 Å². The fourth-order valence-corrected chi connectivity index (χ4v) is 6.83. The van der Waals surface area contributed by atoms with Crippen molar-refractivity contribution in [2.75, 3.05) is 46.6 Å². The van der Waals surface area contributed by atoms with E-state index < -0.39 is 28.8 Å². The van der Waals surface area contributed by atoms with Crippen LogP contribution in [0.1, 0.15) is 48.8 Å². The number of quaternary nitrogens is 2. The van der Waals surface area contributed by atoms with Crippen LogP contribution in [0.25, 0.3) is 0 Å². The van der Waals surface area contributed by atoms with Gasteiger partial charge in [-0.3, -0.25) is 25.0 Å². The number of hydrogen-bond acceptors (Lipinski definition) is 9. The number of carbonyl (C=O) groups excluding carboxylic acids is 2. The fourth-order valence-electron chi connectivity index (χ4n) is 6.36. The molecule has 1 saturated heterocycles. The van der Waals surface area contributed by atoms with Gasteiger partial charge in [-0.25, -0.2) is 4.79 Å². The van der Waals surface area contributed by atoms with Crippen LogP contribution in [0.3, 0.4) is 0 Å². The van der Waals surface area contributed by atoms with Crippen LogP contribution in [0.2, 0.25) is 10.0 Å². The van der Waals surface area contributed by atoms with Gasteiger partial charge in [-0.15, -0.1) is 0 Å². The number of piperidine rings is 1. The molecule has 1 aliphatic rings. The van der Waals surface area contributed by atoms with Crippen molar-refractivity contribution in [1.82, 2.24) is 0 Å². The first-order chi connectivity index (χ1) is 23.9. The van der Waals surface area contributed by atoms with E-state index in [9.17, 15) is 29.8 Å². The van der Waals surface area contributed by atoms with Gasteiger partial charge in [0.25, 0.3) is 11.4 Å². The average molecular weight is 734 g/mol. The van der Waals surface area contributed by atoms with Crippen molar-refractivity contribution in [3.8, 4) is 0 Å². The summed E-state index contributed by atoms with van der Waals surface area (Å²) >= 11 is 12.5. The molecule has 4 rings (SSSR count). The van der Waals surface area contributed by atoms with Crippen molar-refractivity contribution in [2.24, 2.45) is 0 Å². The van der Waals surface area contributed by atoms with E-state index in [-0.39, 0.29) is 24.4 Å². The molecule has 0 bridgehead atoms. The quantitative estimate of drug-likeness (QED) is 0.0450. The van der Waals surface area contributed by atoms with Gasteiger partial charge < -0.3 is 23.2 Å². The fraction of sp³-hybridized carbons (Fsp3) is 0.429. The molecule has 1 aliphatic heterocycles. The molecule has 15 heteroatoms. The molecule has 1 heterocycles. The van der Waals surface area contributed by atoms with Crippen LogP contribution < -0.4 is 0 Å². The highest BCUT2D eigenvalue weighted by Crippen LogP contribution is 2.27. The maximum Gasteiger partial charge on any atom is 0.511 e. The minimum atomic E-state index is -0.981. The molecule has 3 aromatic rings. The van der Waals surface area contributed by atoms with E-state index in [1.807, 2.05) is 13.1 Å². The summed E-state index contributed by atoms with van der Waals surface area (Å²) in [5.41, 5.74) is 2.74. The van der Waals surface area contributed by atoms with Gasteiger partial charge in [-0.1, -0.05) is 29.3 Å². The van der Waals surface area contributed by atoms with E-state index in [0.717, 1.165) is 66.6 Å². The van der Waals surface area contributed by atoms with E-state index >= 15 is 0 Å². The molecule has 50 heavy (non-hydrogen) atoms. The monoisotopic (exact) mass is 732 g/mol. The second kappa shape index (κ2) is 18.1. The lowest BCUT2D eigenvalue weighted by molar-refractivity contribution is -0.945. The van der Waals surface area contributed by atoms with E-state index in [1.54, 1.807) is 36.4 Å². The van der Waals surface area contributed by atoms with Crippen LogP contribution >= 0.6 is 23.2 Å². The number of carbonyl (C=O) groups is 2. The minimum absolute atomic E-state index is 0.0116. The molecule has 3 aromatic carbocycles. The number of ether oxygens (including phenoxy) is 3. The predicted molar refractivity (Wildman–Crippen MR) is 186 cm³/mol. The lowest BCUT2D eigenvalue weighted by Crippen LogP contribution is -2.51. The first kappa shape index (κ1) is 38.5. The SMILES string of the molecule is C[N+](CCOC(=O)OCOC(=O)CCC[N+]1(Cc2ccc([N+](=O)[O-])cc2)CCCCC1)(Cc1ccc([N+](=O)[O-])cc1)Cc1ccc(Cl)cc1Cl. The maximum atomic E-state index is 12.4.